The largest absolute Gasteiger partial charge is 0.493 e. The molecule has 4 rings (SSSR count). The molecule has 0 aliphatic carbocycles. The minimum absolute atomic E-state index is 0.141. The lowest BCUT2D eigenvalue weighted by molar-refractivity contribution is 0.229. The molecule has 2 aromatic rings. The minimum atomic E-state index is -0.141. The zero-order chi connectivity index (χ0) is 19.7. The van der Waals surface area contributed by atoms with Crippen molar-refractivity contribution < 1.29 is 9.47 Å². The Labute approximate surface area is 169 Å². The van der Waals surface area contributed by atoms with Crippen molar-refractivity contribution in [3.63, 3.8) is 0 Å². The third-order valence-electron chi connectivity index (χ3n) is 5.86. The summed E-state index contributed by atoms with van der Waals surface area (Å²) in [5.74, 6) is 1.81. The molecule has 2 atom stereocenters. The van der Waals surface area contributed by atoms with E-state index in [1.807, 2.05) is 11.8 Å². The number of hydrogen-bond acceptors (Lipinski definition) is 7. The van der Waals surface area contributed by atoms with E-state index in [2.05, 4.69) is 21.0 Å². The zero-order valence-electron chi connectivity index (χ0n) is 16.7. The first-order valence-electron chi connectivity index (χ1n) is 9.77. The number of rotatable bonds is 6. The first-order valence-corrected chi connectivity index (χ1v) is 11.1. The van der Waals surface area contributed by atoms with Crippen molar-refractivity contribution in [3.8, 4) is 11.5 Å². The number of ether oxygens (including phenoxy) is 2. The maximum Gasteiger partial charge on any atom is 0.258 e. The Morgan fingerprint density at radius 1 is 1.18 bits per heavy atom. The van der Waals surface area contributed by atoms with Gasteiger partial charge in [0, 0.05) is 30.4 Å². The van der Waals surface area contributed by atoms with Crippen LogP contribution in [0.25, 0.3) is 10.9 Å². The van der Waals surface area contributed by atoms with Gasteiger partial charge in [-0.25, -0.2) is 4.98 Å². The van der Waals surface area contributed by atoms with Crippen LogP contribution in [0.15, 0.2) is 16.9 Å². The first-order chi connectivity index (χ1) is 13.6. The highest BCUT2D eigenvalue weighted by Crippen LogP contribution is 2.31. The topological polar surface area (TPSA) is 70.7 Å². The predicted octanol–water partition coefficient (Wildman–Crippen LogP) is 1.95. The van der Waals surface area contributed by atoms with Gasteiger partial charge >= 0.3 is 0 Å². The molecule has 1 N–H and O–H groups in total. The number of nitrogens with one attached hydrogen (secondary N) is 1. The van der Waals surface area contributed by atoms with Crippen molar-refractivity contribution in [2.45, 2.75) is 30.7 Å². The molecule has 0 radical (unpaired) electrons. The molecule has 1 aromatic heterocycles. The number of benzene rings is 1. The molecule has 3 heterocycles. The standard InChI is InChI=1S/C20H28N4O3S/c1-26-16-8-13-14(9-17(16)27-2)21-19(22-20(13)25)12-23-10-15(18(11-23)28-3)24-6-4-5-7-24/h8-9,15,18H,4-7,10-12H2,1-3H3,(H,21,22,25)/t15-,18-/m1/s1. The molecule has 0 saturated carbocycles. The van der Waals surface area contributed by atoms with E-state index in [1.54, 1.807) is 26.4 Å². The summed E-state index contributed by atoms with van der Waals surface area (Å²) >= 11 is 1.95. The van der Waals surface area contributed by atoms with Crippen LogP contribution >= 0.6 is 11.8 Å². The van der Waals surface area contributed by atoms with Gasteiger partial charge in [-0.15, -0.1) is 0 Å². The van der Waals surface area contributed by atoms with Gasteiger partial charge in [-0.05, 0) is 38.3 Å². The fraction of sp³-hybridized carbons (Fsp3) is 0.600. The second-order valence-electron chi connectivity index (χ2n) is 7.52. The highest BCUT2D eigenvalue weighted by molar-refractivity contribution is 7.99. The van der Waals surface area contributed by atoms with Crippen LogP contribution in [0.3, 0.4) is 0 Å². The van der Waals surface area contributed by atoms with E-state index in [1.165, 1.54) is 25.9 Å². The number of nitrogens with zero attached hydrogens (tertiary/aromatic N) is 3. The molecular formula is C20H28N4O3S. The molecular weight excluding hydrogens is 376 g/mol. The maximum absolute atomic E-state index is 12.6. The summed E-state index contributed by atoms with van der Waals surface area (Å²) in [5.41, 5.74) is 0.491. The lowest BCUT2D eigenvalue weighted by atomic mass is 10.2. The average molecular weight is 405 g/mol. The lowest BCUT2D eigenvalue weighted by Crippen LogP contribution is -2.40. The normalized spacial score (nSPS) is 23.5. The molecule has 28 heavy (non-hydrogen) atoms. The smallest absolute Gasteiger partial charge is 0.258 e. The highest BCUT2D eigenvalue weighted by atomic mass is 32.2. The first kappa shape index (κ1) is 19.5. The fourth-order valence-corrected chi connectivity index (χ4v) is 5.35. The maximum atomic E-state index is 12.6. The number of H-pyrrole nitrogens is 1. The third-order valence-corrected chi connectivity index (χ3v) is 6.93. The number of aromatic nitrogens is 2. The summed E-state index contributed by atoms with van der Waals surface area (Å²) in [6, 6.07) is 4.05. The average Bonchev–Trinajstić information content (AvgIpc) is 3.36. The molecule has 0 unspecified atom stereocenters. The van der Waals surface area contributed by atoms with Crippen LogP contribution < -0.4 is 15.0 Å². The molecule has 152 valence electrons. The van der Waals surface area contributed by atoms with Gasteiger partial charge in [-0.3, -0.25) is 14.6 Å². The number of methoxy groups -OCH3 is 2. The molecule has 7 nitrogen and oxygen atoms in total. The van der Waals surface area contributed by atoms with Gasteiger partial charge < -0.3 is 14.5 Å². The van der Waals surface area contributed by atoms with Gasteiger partial charge in [0.1, 0.15) is 5.82 Å². The molecule has 0 spiro atoms. The Morgan fingerprint density at radius 2 is 1.89 bits per heavy atom. The van der Waals surface area contributed by atoms with Crippen molar-refractivity contribution >= 4 is 22.7 Å². The SMILES string of the molecule is COc1cc2nc(CN3C[C@@H](N4CCCC4)[C@H](SC)C3)[nH]c(=O)c2cc1OC. The van der Waals surface area contributed by atoms with Gasteiger partial charge in [0.05, 0.1) is 31.7 Å². The van der Waals surface area contributed by atoms with Crippen LogP contribution in [0.2, 0.25) is 0 Å². The molecule has 0 amide bonds. The second kappa shape index (κ2) is 8.31. The van der Waals surface area contributed by atoms with E-state index in [9.17, 15) is 4.79 Å². The van der Waals surface area contributed by atoms with Crippen molar-refractivity contribution in [2.75, 3.05) is 46.7 Å². The van der Waals surface area contributed by atoms with Gasteiger partial charge in [0.25, 0.3) is 5.56 Å². The summed E-state index contributed by atoms with van der Waals surface area (Å²) in [6.45, 7) is 5.13. The van der Waals surface area contributed by atoms with E-state index in [4.69, 9.17) is 14.5 Å². The Kier molecular flexibility index (Phi) is 5.80. The Morgan fingerprint density at radius 3 is 2.57 bits per heavy atom. The number of fused-ring (bicyclic) bond motifs is 1. The van der Waals surface area contributed by atoms with Gasteiger partial charge in [-0.2, -0.15) is 11.8 Å². The molecule has 1 aromatic carbocycles. The summed E-state index contributed by atoms with van der Waals surface area (Å²) < 4.78 is 10.7. The van der Waals surface area contributed by atoms with Gasteiger partial charge in [0.15, 0.2) is 11.5 Å². The lowest BCUT2D eigenvalue weighted by Gasteiger charge is -2.27. The molecule has 2 aliphatic heterocycles. The zero-order valence-corrected chi connectivity index (χ0v) is 17.6. The predicted molar refractivity (Wildman–Crippen MR) is 113 cm³/mol. The fourth-order valence-electron chi connectivity index (χ4n) is 4.42. The van der Waals surface area contributed by atoms with Crippen molar-refractivity contribution in [2.24, 2.45) is 0 Å². The highest BCUT2D eigenvalue weighted by Gasteiger charge is 2.37. The third kappa shape index (κ3) is 3.73. The van der Waals surface area contributed by atoms with Crippen LogP contribution in [0, 0.1) is 0 Å². The van der Waals surface area contributed by atoms with Gasteiger partial charge in [0.2, 0.25) is 0 Å². The summed E-state index contributed by atoms with van der Waals surface area (Å²) in [5, 5.41) is 1.12. The van der Waals surface area contributed by atoms with Crippen LogP contribution in [-0.2, 0) is 6.54 Å². The molecule has 2 saturated heterocycles. The Hall–Kier alpha value is -1.77. The molecule has 0 bridgehead atoms. The van der Waals surface area contributed by atoms with Crippen LogP contribution in [-0.4, -0.2) is 77.7 Å². The van der Waals surface area contributed by atoms with Crippen LogP contribution in [0.1, 0.15) is 18.7 Å². The van der Waals surface area contributed by atoms with E-state index >= 15 is 0 Å². The van der Waals surface area contributed by atoms with E-state index in [0.717, 1.165) is 13.1 Å². The Balaban J connectivity index is 1.57. The van der Waals surface area contributed by atoms with Crippen molar-refractivity contribution in [3.05, 3.63) is 28.3 Å². The summed E-state index contributed by atoms with van der Waals surface area (Å²) in [4.78, 5) is 25.3. The number of likely N-dealkylation sites (tertiary alicyclic amines) is 2. The second-order valence-corrected chi connectivity index (χ2v) is 8.59. The molecule has 2 aliphatic rings. The van der Waals surface area contributed by atoms with Crippen LogP contribution in [0.5, 0.6) is 11.5 Å². The van der Waals surface area contributed by atoms with E-state index in [-0.39, 0.29) is 5.56 Å². The van der Waals surface area contributed by atoms with Gasteiger partial charge in [-0.1, -0.05) is 0 Å². The summed E-state index contributed by atoms with van der Waals surface area (Å²) in [7, 11) is 3.15. The number of hydrogen-bond donors (Lipinski definition) is 1. The monoisotopic (exact) mass is 404 g/mol. The Bertz CT molecular complexity index is 897. The van der Waals surface area contributed by atoms with Crippen molar-refractivity contribution in [1.82, 2.24) is 19.8 Å². The van der Waals surface area contributed by atoms with E-state index in [0.29, 0.717) is 46.1 Å². The van der Waals surface area contributed by atoms with Crippen molar-refractivity contribution in [1.29, 1.82) is 0 Å². The van der Waals surface area contributed by atoms with E-state index < -0.39 is 0 Å². The minimum Gasteiger partial charge on any atom is -0.493 e. The molecule has 8 heteroatoms. The quantitative estimate of drug-likeness (QED) is 0.789. The molecule has 2 fully saturated rings. The van der Waals surface area contributed by atoms with Crippen LogP contribution in [0.4, 0.5) is 0 Å². The number of aromatic amines is 1. The summed E-state index contributed by atoms with van der Waals surface area (Å²) in [6.07, 6.45) is 4.82. The number of thioether (sulfide) groups is 1.